The zero-order valence-corrected chi connectivity index (χ0v) is 9.58. The van der Waals surface area contributed by atoms with E-state index in [1.54, 1.807) is 0 Å². The largest absolute Gasteiger partial charge is 0.373 e. The SMILES string of the molecule is CCC1NCN(CC2(C)CCCO2)C1=O. The molecule has 0 saturated carbocycles. The first-order valence-electron chi connectivity index (χ1n) is 5.81. The summed E-state index contributed by atoms with van der Waals surface area (Å²) in [5.74, 6) is 0.231. The molecular weight excluding hydrogens is 192 g/mol. The maximum atomic E-state index is 11.9. The lowest BCUT2D eigenvalue weighted by atomic mass is 10.0. The van der Waals surface area contributed by atoms with Crippen LogP contribution in [0.1, 0.15) is 33.1 Å². The van der Waals surface area contributed by atoms with Crippen LogP contribution in [0.3, 0.4) is 0 Å². The summed E-state index contributed by atoms with van der Waals surface area (Å²) in [5.41, 5.74) is -0.111. The Hall–Kier alpha value is -0.610. The van der Waals surface area contributed by atoms with Gasteiger partial charge in [-0.1, -0.05) is 6.92 Å². The van der Waals surface area contributed by atoms with Crippen LogP contribution < -0.4 is 5.32 Å². The third-order valence-electron chi connectivity index (χ3n) is 3.37. The smallest absolute Gasteiger partial charge is 0.240 e. The van der Waals surface area contributed by atoms with Gasteiger partial charge in [0.05, 0.1) is 24.9 Å². The van der Waals surface area contributed by atoms with Crippen LogP contribution in [-0.4, -0.2) is 42.3 Å². The topological polar surface area (TPSA) is 41.6 Å². The van der Waals surface area contributed by atoms with Crippen LogP contribution in [0.25, 0.3) is 0 Å². The zero-order chi connectivity index (χ0) is 10.9. The Morgan fingerprint density at radius 3 is 3.00 bits per heavy atom. The lowest BCUT2D eigenvalue weighted by molar-refractivity contribution is -0.132. The Morgan fingerprint density at radius 1 is 1.67 bits per heavy atom. The molecule has 1 N–H and O–H groups in total. The van der Waals surface area contributed by atoms with Crippen molar-refractivity contribution in [1.29, 1.82) is 0 Å². The van der Waals surface area contributed by atoms with Crippen LogP contribution in [0.15, 0.2) is 0 Å². The second-order valence-corrected chi connectivity index (χ2v) is 4.76. The molecule has 0 aromatic heterocycles. The van der Waals surface area contributed by atoms with Crippen molar-refractivity contribution in [2.75, 3.05) is 19.8 Å². The number of nitrogens with one attached hydrogen (secondary N) is 1. The average molecular weight is 212 g/mol. The molecule has 2 fully saturated rings. The molecule has 0 aromatic rings. The summed E-state index contributed by atoms with van der Waals surface area (Å²) in [6, 6.07) is 0.0232. The minimum absolute atomic E-state index is 0.0232. The summed E-state index contributed by atoms with van der Waals surface area (Å²) in [5, 5.41) is 3.22. The van der Waals surface area contributed by atoms with E-state index < -0.39 is 0 Å². The zero-order valence-electron chi connectivity index (χ0n) is 9.58. The van der Waals surface area contributed by atoms with Crippen LogP contribution in [0.2, 0.25) is 0 Å². The molecule has 2 saturated heterocycles. The highest BCUT2D eigenvalue weighted by Gasteiger charge is 2.37. The fraction of sp³-hybridized carbons (Fsp3) is 0.909. The van der Waals surface area contributed by atoms with E-state index >= 15 is 0 Å². The van der Waals surface area contributed by atoms with Crippen LogP contribution in [0.5, 0.6) is 0 Å². The lowest BCUT2D eigenvalue weighted by Crippen LogP contribution is -2.42. The maximum Gasteiger partial charge on any atom is 0.240 e. The van der Waals surface area contributed by atoms with Gasteiger partial charge in [-0.3, -0.25) is 10.1 Å². The first kappa shape index (κ1) is 10.9. The predicted molar refractivity (Wildman–Crippen MR) is 57.4 cm³/mol. The molecular formula is C11H20N2O2. The second kappa shape index (κ2) is 4.10. The van der Waals surface area contributed by atoms with Crippen LogP contribution in [0, 0.1) is 0 Å². The highest BCUT2D eigenvalue weighted by Crippen LogP contribution is 2.26. The van der Waals surface area contributed by atoms with Crippen LogP contribution in [0.4, 0.5) is 0 Å². The molecule has 2 unspecified atom stereocenters. The number of carbonyl (C=O) groups is 1. The second-order valence-electron chi connectivity index (χ2n) is 4.76. The Kier molecular flexibility index (Phi) is 2.98. The molecule has 4 nitrogen and oxygen atoms in total. The number of rotatable bonds is 3. The summed E-state index contributed by atoms with van der Waals surface area (Å²) in [7, 11) is 0. The van der Waals surface area contributed by atoms with Crippen molar-refractivity contribution in [2.45, 2.75) is 44.8 Å². The number of hydrogen-bond acceptors (Lipinski definition) is 3. The minimum atomic E-state index is -0.111. The number of hydrogen-bond donors (Lipinski definition) is 1. The Labute approximate surface area is 91.0 Å². The number of ether oxygens (including phenoxy) is 1. The van der Waals surface area contributed by atoms with Crippen molar-refractivity contribution in [2.24, 2.45) is 0 Å². The average Bonchev–Trinajstić information content (AvgIpc) is 2.76. The first-order chi connectivity index (χ1) is 7.14. The first-order valence-corrected chi connectivity index (χ1v) is 5.81. The highest BCUT2D eigenvalue weighted by molar-refractivity contribution is 5.83. The fourth-order valence-electron chi connectivity index (χ4n) is 2.42. The van der Waals surface area contributed by atoms with Crippen molar-refractivity contribution in [3.05, 3.63) is 0 Å². The molecule has 2 rings (SSSR count). The third-order valence-corrected chi connectivity index (χ3v) is 3.37. The molecule has 0 bridgehead atoms. The van der Waals surface area contributed by atoms with Gasteiger partial charge in [0, 0.05) is 6.61 Å². The lowest BCUT2D eigenvalue weighted by Gasteiger charge is -2.28. The van der Waals surface area contributed by atoms with E-state index in [-0.39, 0.29) is 17.6 Å². The molecule has 15 heavy (non-hydrogen) atoms. The van der Waals surface area contributed by atoms with Crippen molar-refractivity contribution in [3.8, 4) is 0 Å². The normalized spacial score (nSPS) is 36.5. The molecule has 2 aliphatic heterocycles. The number of carbonyl (C=O) groups excluding carboxylic acids is 1. The van der Waals surface area contributed by atoms with E-state index in [2.05, 4.69) is 12.2 Å². The van der Waals surface area contributed by atoms with E-state index in [1.165, 1.54) is 0 Å². The van der Waals surface area contributed by atoms with Gasteiger partial charge in [-0.25, -0.2) is 0 Å². The summed E-state index contributed by atoms with van der Waals surface area (Å²) in [6.07, 6.45) is 3.05. The van der Waals surface area contributed by atoms with Gasteiger partial charge in [0.25, 0.3) is 0 Å². The van der Waals surface area contributed by atoms with Crippen molar-refractivity contribution >= 4 is 5.91 Å². The highest BCUT2D eigenvalue weighted by atomic mass is 16.5. The van der Waals surface area contributed by atoms with E-state index in [4.69, 9.17) is 4.74 Å². The van der Waals surface area contributed by atoms with Crippen LogP contribution >= 0.6 is 0 Å². The van der Waals surface area contributed by atoms with Gasteiger partial charge in [-0.15, -0.1) is 0 Å². The van der Waals surface area contributed by atoms with Gasteiger partial charge < -0.3 is 9.64 Å². The molecule has 0 aliphatic carbocycles. The molecule has 4 heteroatoms. The molecule has 0 aromatic carbocycles. The number of nitrogens with zero attached hydrogens (tertiary/aromatic N) is 1. The van der Waals surface area contributed by atoms with Crippen molar-refractivity contribution < 1.29 is 9.53 Å². The monoisotopic (exact) mass is 212 g/mol. The van der Waals surface area contributed by atoms with Crippen molar-refractivity contribution in [3.63, 3.8) is 0 Å². The maximum absolute atomic E-state index is 11.9. The Morgan fingerprint density at radius 2 is 2.47 bits per heavy atom. The summed E-state index contributed by atoms with van der Waals surface area (Å²) in [4.78, 5) is 13.8. The van der Waals surface area contributed by atoms with E-state index in [1.807, 2.05) is 11.8 Å². The minimum Gasteiger partial charge on any atom is -0.373 e. The molecule has 0 spiro atoms. The molecule has 0 radical (unpaired) electrons. The van der Waals surface area contributed by atoms with E-state index in [9.17, 15) is 4.79 Å². The molecule has 86 valence electrons. The summed E-state index contributed by atoms with van der Waals surface area (Å²) >= 11 is 0. The summed E-state index contributed by atoms with van der Waals surface area (Å²) in [6.45, 7) is 6.38. The number of amides is 1. The Balaban J connectivity index is 1.93. The van der Waals surface area contributed by atoms with Gasteiger partial charge in [0.1, 0.15) is 0 Å². The quantitative estimate of drug-likeness (QED) is 0.749. The molecule has 1 amide bonds. The third kappa shape index (κ3) is 2.16. The van der Waals surface area contributed by atoms with E-state index in [0.29, 0.717) is 6.67 Å². The van der Waals surface area contributed by atoms with Gasteiger partial charge >= 0.3 is 0 Å². The fourth-order valence-corrected chi connectivity index (χ4v) is 2.42. The standard InChI is InChI=1S/C11H20N2O2/c1-3-9-10(14)13(8-12-9)7-11(2)5-4-6-15-11/h9,12H,3-8H2,1-2H3. The van der Waals surface area contributed by atoms with Gasteiger partial charge in [-0.2, -0.15) is 0 Å². The van der Waals surface area contributed by atoms with Gasteiger partial charge in [0.2, 0.25) is 5.91 Å². The summed E-state index contributed by atoms with van der Waals surface area (Å²) < 4.78 is 5.70. The van der Waals surface area contributed by atoms with E-state index in [0.717, 1.165) is 32.4 Å². The van der Waals surface area contributed by atoms with Crippen molar-refractivity contribution in [1.82, 2.24) is 10.2 Å². The van der Waals surface area contributed by atoms with Gasteiger partial charge in [0.15, 0.2) is 0 Å². The van der Waals surface area contributed by atoms with Gasteiger partial charge in [-0.05, 0) is 26.2 Å². The predicted octanol–water partition coefficient (Wildman–Crippen LogP) is 0.723. The molecule has 2 heterocycles. The molecule has 2 atom stereocenters. The Bertz CT molecular complexity index is 249. The molecule has 2 aliphatic rings. The van der Waals surface area contributed by atoms with Crippen LogP contribution in [-0.2, 0) is 9.53 Å².